The zero-order valence-electron chi connectivity index (χ0n) is 14.9. The van der Waals surface area contributed by atoms with E-state index in [0.717, 1.165) is 5.56 Å². The first-order chi connectivity index (χ1) is 12.6. The largest absolute Gasteiger partial charge is 0.504 e. The molecule has 0 spiro atoms. The highest BCUT2D eigenvalue weighted by Crippen LogP contribution is 2.25. The van der Waals surface area contributed by atoms with Gasteiger partial charge in [0.15, 0.2) is 11.5 Å². The first kappa shape index (κ1) is 22.2. The molecular weight excluding hydrogens is 344 g/mol. The molecule has 0 saturated heterocycles. The molecule has 26 heavy (non-hydrogen) atoms. The summed E-state index contributed by atoms with van der Waals surface area (Å²) in [5.41, 5.74) is 0.846. The van der Waals surface area contributed by atoms with Crippen molar-refractivity contribution in [2.75, 3.05) is 52.9 Å². The van der Waals surface area contributed by atoms with Crippen LogP contribution in [-0.4, -0.2) is 74.1 Å². The van der Waals surface area contributed by atoms with E-state index < -0.39 is 0 Å². The zero-order valence-corrected chi connectivity index (χ0v) is 14.9. The molecule has 0 bridgehead atoms. The number of carbonyl (C=O) groups is 1. The van der Waals surface area contributed by atoms with Gasteiger partial charge in [0.1, 0.15) is 6.61 Å². The fourth-order valence-electron chi connectivity index (χ4n) is 2.05. The Labute approximate surface area is 153 Å². The number of aromatic hydroxyl groups is 2. The molecule has 1 aromatic rings. The summed E-state index contributed by atoms with van der Waals surface area (Å²) < 4.78 is 20.6. The van der Waals surface area contributed by atoms with Crippen LogP contribution in [0.1, 0.15) is 18.4 Å². The molecule has 0 saturated carbocycles. The molecule has 0 aromatic heterocycles. The van der Waals surface area contributed by atoms with Crippen molar-refractivity contribution < 1.29 is 39.1 Å². The Morgan fingerprint density at radius 3 is 2.08 bits per heavy atom. The van der Waals surface area contributed by atoms with Gasteiger partial charge >= 0.3 is 5.97 Å². The van der Waals surface area contributed by atoms with Crippen LogP contribution in [0.3, 0.4) is 0 Å². The molecule has 0 unspecified atom stereocenters. The van der Waals surface area contributed by atoms with Crippen LogP contribution in [-0.2, 0) is 30.2 Å². The smallest absolute Gasteiger partial charge is 0.305 e. The Kier molecular flexibility index (Phi) is 12.2. The highest BCUT2D eigenvalue weighted by Gasteiger charge is 2.05. The number of benzene rings is 1. The third-order valence-corrected chi connectivity index (χ3v) is 3.36. The molecule has 0 radical (unpaired) electrons. The van der Waals surface area contributed by atoms with Crippen LogP contribution >= 0.6 is 0 Å². The Bertz CT molecular complexity index is 506. The van der Waals surface area contributed by atoms with Gasteiger partial charge in [0.05, 0.1) is 46.2 Å². The number of esters is 1. The Morgan fingerprint density at radius 1 is 0.846 bits per heavy atom. The number of phenols is 2. The van der Waals surface area contributed by atoms with Crippen LogP contribution in [0.25, 0.3) is 0 Å². The predicted molar refractivity (Wildman–Crippen MR) is 93.2 cm³/mol. The second-order valence-corrected chi connectivity index (χ2v) is 5.46. The van der Waals surface area contributed by atoms with Crippen molar-refractivity contribution in [3.63, 3.8) is 0 Å². The molecule has 0 amide bonds. The first-order valence-corrected chi connectivity index (χ1v) is 8.64. The fourth-order valence-corrected chi connectivity index (χ4v) is 2.05. The molecule has 0 aliphatic rings. The maximum absolute atomic E-state index is 11.6. The van der Waals surface area contributed by atoms with E-state index in [1.54, 1.807) is 6.07 Å². The van der Waals surface area contributed by atoms with Crippen LogP contribution in [0, 0.1) is 0 Å². The van der Waals surface area contributed by atoms with Crippen molar-refractivity contribution in [2.24, 2.45) is 0 Å². The standard InChI is InChI=1S/C18H28O8/c19-6-7-23-8-9-24-10-11-25-12-13-26-18(22)3-1-2-15-4-5-16(20)17(21)14-15/h4-5,14,19-21H,1-3,6-13H2. The van der Waals surface area contributed by atoms with E-state index in [1.165, 1.54) is 12.1 Å². The van der Waals surface area contributed by atoms with E-state index >= 15 is 0 Å². The van der Waals surface area contributed by atoms with Gasteiger partial charge in [-0.25, -0.2) is 0 Å². The Morgan fingerprint density at radius 2 is 1.46 bits per heavy atom. The third-order valence-electron chi connectivity index (χ3n) is 3.36. The minimum atomic E-state index is -0.297. The molecule has 0 aliphatic carbocycles. The van der Waals surface area contributed by atoms with E-state index in [-0.39, 0.29) is 37.1 Å². The molecular formula is C18H28O8. The number of carbonyl (C=O) groups excluding carboxylic acids is 1. The molecule has 148 valence electrons. The second-order valence-electron chi connectivity index (χ2n) is 5.46. The lowest BCUT2D eigenvalue weighted by Gasteiger charge is -2.07. The van der Waals surface area contributed by atoms with Crippen molar-refractivity contribution in [1.82, 2.24) is 0 Å². The van der Waals surface area contributed by atoms with E-state index in [0.29, 0.717) is 52.5 Å². The summed E-state index contributed by atoms with van der Waals surface area (Å²) in [6, 6.07) is 4.61. The first-order valence-electron chi connectivity index (χ1n) is 8.64. The minimum absolute atomic E-state index is 0.00221. The average Bonchev–Trinajstić information content (AvgIpc) is 2.62. The number of aliphatic hydroxyl groups excluding tert-OH is 1. The summed E-state index contributed by atoms with van der Waals surface area (Å²) in [4.78, 5) is 11.6. The molecule has 8 nitrogen and oxygen atoms in total. The minimum Gasteiger partial charge on any atom is -0.504 e. The van der Waals surface area contributed by atoms with Crippen molar-refractivity contribution in [3.8, 4) is 11.5 Å². The van der Waals surface area contributed by atoms with Gasteiger partial charge in [0.25, 0.3) is 0 Å². The summed E-state index contributed by atoms with van der Waals surface area (Å²) in [6.45, 7) is 2.52. The van der Waals surface area contributed by atoms with Crippen molar-refractivity contribution in [1.29, 1.82) is 0 Å². The van der Waals surface area contributed by atoms with Gasteiger partial charge in [-0.2, -0.15) is 0 Å². The summed E-state index contributed by atoms with van der Waals surface area (Å²) in [5, 5.41) is 27.1. The number of hydrogen-bond donors (Lipinski definition) is 3. The van der Waals surface area contributed by atoms with E-state index in [4.69, 9.17) is 24.1 Å². The van der Waals surface area contributed by atoms with E-state index in [1.807, 2.05) is 0 Å². The Balaban J connectivity index is 1.91. The normalized spacial score (nSPS) is 10.8. The predicted octanol–water partition coefficient (Wildman–Crippen LogP) is 1.01. The lowest BCUT2D eigenvalue weighted by atomic mass is 10.1. The lowest BCUT2D eigenvalue weighted by molar-refractivity contribution is -0.145. The molecule has 1 rings (SSSR count). The number of hydrogen-bond acceptors (Lipinski definition) is 8. The van der Waals surface area contributed by atoms with Gasteiger partial charge in [0.2, 0.25) is 0 Å². The fraction of sp³-hybridized carbons (Fsp3) is 0.611. The average molecular weight is 372 g/mol. The molecule has 0 aliphatic heterocycles. The molecule has 8 heteroatoms. The number of rotatable bonds is 15. The monoisotopic (exact) mass is 372 g/mol. The van der Waals surface area contributed by atoms with E-state index in [9.17, 15) is 15.0 Å². The SMILES string of the molecule is O=C(CCCc1ccc(O)c(O)c1)OCCOCCOCCOCCO. The number of phenolic OH excluding ortho intramolecular Hbond substituents is 2. The second kappa shape index (κ2) is 14.3. The third kappa shape index (κ3) is 10.9. The van der Waals surface area contributed by atoms with Crippen molar-refractivity contribution in [3.05, 3.63) is 23.8 Å². The zero-order chi connectivity index (χ0) is 19.0. The molecule has 0 heterocycles. The summed E-state index contributed by atoms with van der Waals surface area (Å²) in [5.74, 6) is -0.619. The quantitative estimate of drug-likeness (QED) is 0.237. The molecule has 3 N–H and O–H groups in total. The van der Waals surface area contributed by atoms with Crippen LogP contribution in [0.4, 0.5) is 0 Å². The van der Waals surface area contributed by atoms with Crippen LogP contribution in [0.5, 0.6) is 11.5 Å². The summed E-state index contributed by atoms with van der Waals surface area (Å²) in [6.07, 6.45) is 1.48. The van der Waals surface area contributed by atoms with Gasteiger partial charge in [-0.15, -0.1) is 0 Å². The molecule has 0 fully saturated rings. The topological polar surface area (TPSA) is 115 Å². The van der Waals surface area contributed by atoms with Crippen LogP contribution in [0.15, 0.2) is 18.2 Å². The molecule has 0 atom stereocenters. The van der Waals surface area contributed by atoms with Gasteiger partial charge in [-0.05, 0) is 30.5 Å². The van der Waals surface area contributed by atoms with Gasteiger partial charge in [0, 0.05) is 6.42 Å². The van der Waals surface area contributed by atoms with Gasteiger partial charge < -0.3 is 34.3 Å². The van der Waals surface area contributed by atoms with Crippen LogP contribution < -0.4 is 0 Å². The van der Waals surface area contributed by atoms with Crippen LogP contribution in [0.2, 0.25) is 0 Å². The summed E-state index contributed by atoms with van der Waals surface area (Å²) >= 11 is 0. The highest BCUT2D eigenvalue weighted by molar-refractivity contribution is 5.69. The number of aliphatic hydroxyl groups is 1. The molecule has 1 aromatic carbocycles. The lowest BCUT2D eigenvalue weighted by Crippen LogP contribution is -2.14. The van der Waals surface area contributed by atoms with Crippen molar-refractivity contribution in [2.45, 2.75) is 19.3 Å². The summed E-state index contributed by atoms with van der Waals surface area (Å²) in [7, 11) is 0. The number of aryl methyl sites for hydroxylation is 1. The number of ether oxygens (including phenoxy) is 4. The highest BCUT2D eigenvalue weighted by atomic mass is 16.6. The maximum atomic E-state index is 11.6. The van der Waals surface area contributed by atoms with E-state index in [2.05, 4.69) is 0 Å². The Hall–Kier alpha value is -1.87. The van der Waals surface area contributed by atoms with Crippen molar-refractivity contribution >= 4 is 5.97 Å². The maximum Gasteiger partial charge on any atom is 0.305 e. The van der Waals surface area contributed by atoms with Gasteiger partial charge in [-0.1, -0.05) is 6.07 Å². The van der Waals surface area contributed by atoms with Gasteiger partial charge in [-0.3, -0.25) is 4.79 Å².